The molecule has 0 spiro atoms. The fourth-order valence-electron chi connectivity index (χ4n) is 2.17. The monoisotopic (exact) mass is 278 g/mol. The van der Waals surface area contributed by atoms with Crippen LogP contribution in [0, 0.1) is 5.82 Å². The Morgan fingerprint density at radius 1 is 1.16 bits per heavy atom. The second-order valence-electron chi connectivity index (χ2n) is 4.30. The van der Waals surface area contributed by atoms with E-state index in [9.17, 15) is 4.39 Å². The van der Waals surface area contributed by atoms with E-state index < -0.39 is 5.38 Å². The van der Waals surface area contributed by atoms with E-state index in [0.29, 0.717) is 11.3 Å². The first-order valence-corrected chi connectivity index (χ1v) is 6.66. The number of methoxy groups -OCH3 is 1. The molecule has 0 N–H and O–H groups in total. The lowest BCUT2D eigenvalue weighted by molar-refractivity contribution is 0.409. The molecule has 19 heavy (non-hydrogen) atoms. The van der Waals surface area contributed by atoms with Crippen molar-refractivity contribution in [2.75, 3.05) is 7.11 Å². The van der Waals surface area contributed by atoms with Crippen LogP contribution in [0.4, 0.5) is 4.39 Å². The Labute approximate surface area is 118 Å². The number of hydrogen-bond acceptors (Lipinski definition) is 1. The third-order valence-electron chi connectivity index (χ3n) is 3.17. The maximum Gasteiger partial charge on any atom is 0.124 e. The van der Waals surface area contributed by atoms with Crippen LogP contribution in [-0.2, 0) is 6.42 Å². The molecule has 0 aliphatic heterocycles. The predicted molar refractivity (Wildman–Crippen MR) is 76.5 cm³/mol. The summed E-state index contributed by atoms with van der Waals surface area (Å²) in [5.74, 6) is 0.294. The van der Waals surface area contributed by atoms with Gasteiger partial charge in [0.05, 0.1) is 12.5 Å². The van der Waals surface area contributed by atoms with Crippen molar-refractivity contribution in [2.45, 2.75) is 18.7 Å². The van der Waals surface area contributed by atoms with Gasteiger partial charge in [0.1, 0.15) is 11.6 Å². The lowest BCUT2D eigenvalue weighted by Gasteiger charge is -2.17. The highest BCUT2D eigenvalue weighted by Gasteiger charge is 2.18. The second kappa shape index (κ2) is 6.07. The van der Waals surface area contributed by atoms with E-state index in [2.05, 4.69) is 6.92 Å². The molecule has 1 unspecified atom stereocenters. The van der Waals surface area contributed by atoms with Crippen molar-refractivity contribution in [3.8, 4) is 5.75 Å². The standard InChI is InChI=1S/C16H16ClFO/c1-3-11-6-4-5-7-13(11)16(17)14-10-12(18)8-9-15(14)19-2/h4-10,16H,3H2,1-2H3. The van der Waals surface area contributed by atoms with Gasteiger partial charge in [0.25, 0.3) is 0 Å². The Morgan fingerprint density at radius 2 is 1.89 bits per heavy atom. The van der Waals surface area contributed by atoms with E-state index in [1.54, 1.807) is 13.2 Å². The average Bonchev–Trinajstić information content (AvgIpc) is 2.46. The van der Waals surface area contributed by atoms with Gasteiger partial charge < -0.3 is 4.74 Å². The first-order valence-electron chi connectivity index (χ1n) is 6.22. The predicted octanol–water partition coefficient (Wildman–Crippen LogP) is 4.72. The van der Waals surface area contributed by atoms with Crippen molar-refractivity contribution in [3.05, 3.63) is 65.0 Å². The van der Waals surface area contributed by atoms with Gasteiger partial charge in [-0.1, -0.05) is 31.2 Å². The zero-order chi connectivity index (χ0) is 13.8. The molecule has 1 nitrogen and oxygen atoms in total. The third-order valence-corrected chi connectivity index (χ3v) is 3.64. The third kappa shape index (κ3) is 2.90. The Hall–Kier alpha value is -1.54. The molecule has 2 aromatic rings. The highest BCUT2D eigenvalue weighted by Crippen LogP contribution is 2.37. The first-order chi connectivity index (χ1) is 9.17. The lowest BCUT2D eigenvalue weighted by Crippen LogP contribution is -2.01. The summed E-state index contributed by atoms with van der Waals surface area (Å²) in [6.07, 6.45) is 0.886. The summed E-state index contributed by atoms with van der Waals surface area (Å²) in [5, 5.41) is -0.415. The molecule has 0 aliphatic rings. The average molecular weight is 279 g/mol. The maximum absolute atomic E-state index is 13.4. The zero-order valence-corrected chi connectivity index (χ0v) is 11.7. The van der Waals surface area contributed by atoms with Crippen LogP contribution in [0.25, 0.3) is 0 Å². The van der Waals surface area contributed by atoms with E-state index in [0.717, 1.165) is 17.5 Å². The lowest BCUT2D eigenvalue weighted by atomic mass is 9.97. The second-order valence-corrected chi connectivity index (χ2v) is 4.74. The fraction of sp³-hybridized carbons (Fsp3) is 0.250. The minimum absolute atomic E-state index is 0.310. The first kappa shape index (κ1) is 13.9. The van der Waals surface area contributed by atoms with Crippen molar-refractivity contribution in [1.29, 1.82) is 0 Å². The Kier molecular flexibility index (Phi) is 4.43. The molecule has 2 aromatic carbocycles. The summed E-state index contributed by atoms with van der Waals surface area (Å²) in [5.41, 5.74) is 2.81. The van der Waals surface area contributed by atoms with Crippen molar-refractivity contribution in [3.63, 3.8) is 0 Å². The topological polar surface area (TPSA) is 9.23 Å². The van der Waals surface area contributed by atoms with Crippen LogP contribution < -0.4 is 4.74 Å². The quantitative estimate of drug-likeness (QED) is 0.735. The van der Waals surface area contributed by atoms with Crippen LogP contribution in [0.1, 0.15) is 29.0 Å². The SMILES string of the molecule is CCc1ccccc1C(Cl)c1cc(F)ccc1OC. The number of rotatable bonds is 4. The largest absolute Gasteiger partial charge is 0.496 e. The van der Waals surface area contributed by atoms with Gasteiger partial charge in [0, 0.05) is 5.56 Å². The van der Waals surface area contributed by atoms with Crippen molar-refractivity contribution in [2.24, 2.45) is 0 Å². The molecular weight excluding hydrogens is 263 g/mol. The minimum atomic E-state index is -0.415. The van der Waals surface area contributed by atoms with Crippen LogP contribution in [0.2, 0.25) is 0 Å². The van der Waals surface area contributed by atoms with Crippen LogP contribution in [-0.4, -0.2) is 7.11 Å². The normalized spacial score (nSPS) is 12.2. The number of benzene rings is 2. The van der Waals surface area contributed by atoms with Gasteiger partial charge in [-0.3, -0.25) is 0 Å². The Morgan fingerprint density at radius 3 is 2.58 bits per heavy atom. The van der Waals surface area contributed by atoms with Crippen LogP contribution >= 0.6 is 11.6 Å². The molecule has 0 bridgehead atoms. The summed E-state index contributed by atoms with van der Waals surface area (Å²) in [4.78, 5) is 0. The van der Waals surface area contributed by atoms with Gasteiger partial charge in [-0.15, -0.1) is 11.6 Å². The van der Waals surface area contributed by atoms with E-state index in [1.807, 2.05) is 24.3 Å². The maximum atomic E-state index is 13.4. The van der Waals surface area contributed by atoms with Gasteiger partial charge in [-0.05, 0) is 35.7 Å². The number of ether oxygens (including phenoxy) is 1. The molecule has 0 saturated heterocycles. The molecule has 0 fully saturated rings. The molecule has 0 radical (unpaired) electrons. The summed E-state index contributed by atoms with van der Waals surface area (Å²) in [6.45, 7) is 2.07. The van der Waals surface area contributed by atoms with Gasteiger partial charge in [0.2, 0.25) is 0 Å². The number of halogens is 2. The molecule has 0 amide bonds. The van der Waals surface area contributed by atoms with E-state index in [-0.39, 0.29) is 5.82 Å². The summed E-state index contributed by atoms with van der Waals surface area (Å²) in [6, 6.07) is 12.3. The van der Waals surface area contributed by atoms with Crippen molar-refractivity contribution in [1.82, 2.24) is 0 Å². The van der Waals surface area contributed by atoms with E-state index in [1.165, 1.54) is 12.1 Å². The molecule has 1 atom stereocenters. The minimum Gasteiger partial charge on any atom is -0.496 e. The van der Waals surface area contributed by atoms with Gasteiger partial charge in [-0.2, -0.15) is 0 Å². The molecule has 0 aromatic heterocycles. The molecule has 0 aliphatic carbocycles. The Balaban J connectivity index is 2.49. The molecule has 2 rings (SSSR count). The smallest absolute Gasteiger partial charge is 0.124 e. The van der Waals surface area contributed by atoms with E-state index in [4.69, 9.17) is 16.3 Å². The van der Waals surface area contributed by atoms with Crippen LogP contribution in [0.15, 0.2) is 42.5 Å². The highest BCUT2D eigenvalue weighted by atomic mass is 35.5. The Bertz CT molecular complexity index is 568. The van der Waals surface area contributed by atoms with Crippen molar-refractivity contribution >= 4 is 11.6 Å². The molecule has 0 heterocycles. The number of alkyl halides is 1. The highest BCUT2D eigenvalue weighted by molar-refractivity contribution is 6.23. The van der Waals surface area contributed by atoms with Gasteiger partial charge >= 0.3 is 0 Å². The molecule has 0 saturated carbocycles. The van der Waals surface area contributed by atoms with Gasteiger partial charge in [0.15, 0.2) is 0 Å². The van der Waals surface area contributed by atoms with Crippen molar-refractivity contribution < 1.29 is 9.13 Å². The number of aryl methyl sites for hydroxylation is 1. The molecule has 100 valence electrons. The zero-order valence-electron chi connectivity index (χ0n) is 11.0. The number of hydrogen-bond donors (Lipinski definition) is 0. The molecule has 3 heteroatoms. The fourth-order valence-corrected chi connectivity index (χ4v) is 2.56. The van der Waals surface area contributed by atoms with Crippen LogP contribution in [0.3, 0.4) is 0 Å². The van der Waals surface area contributed by atoms with Crippen LogP contribution in [0.5, 0.6) is 5.75 Å². The van der Waals surface area contributed by atoms with Gasteiger partial charge in [-0.25, -0.2) is 4.39 Å². The molecular formula is C16H16ClFO. The van der Waals surface area contributed by atoms with E-state index >= 15 is 0 Å². The summed E-state index contributed by atoms with van der Waals surface area (Å²) in [7, 11) is 1.56. The summed E-state index contributed by atoms with van der Waals surface area (Å²) >= 11 is 6.52. The summed E-state index contributed by atoms with van der Waals surface area (Å²) < 4.78 is 18.7.